The van der Waals surface area contributed by atoms with Crippen molar-refractivity contribution in [2.45, 2.75) is 13.0 Å². The monoisotopic (exact) mass is 426 g/mol. The Morgan fingerprint density at radius 3 is 2.63 bits per heavy atom. The molecule has 0 saturated heterocycles. The number of nitrogens with zero attached hydrogens (tertiary/aromatic N) is 2. The molecule has 1 unspecified atom stereocenters. The van der Waals surface area contributed by atoms with Gasteiger partial charge in [-0.25, -0.2) is 0 Å². The number of rotatable bonds is 6. The van der Waals surface area contributed by atoms with Crippen LogP contribution in [0.1, 0.15) is 27.0 Å². The Hall–Kier alpha value is -3.59. The third-order valence-electron chi connectivity index (χ3n) is 4.79. The Bertz CT molecular complexity index is 1150. The Morgan fingerprint density at radius 2 is 2.03 bits per heavy atom. The molecule has 2 aromatic heterocycles. The van der Waals surface area contributed by atoms with E-state index in [2.05, 4.69) is 5.16 Å². The van der Waals surface area contributed by atoms with Gasteiger partial charge in [-0.05, 0) is 24.4 Å². The third-order valence-corrected chi connectivity index (χ3v) is 5.66. The van der Waals surface area contributed by atoms with Gasteiger partial charge in [0, 0.05) is 11.6 Å². The molecule has 3 aromatic rings. The molecule has 1 aliphatic rings. The van der Waals surface area contributed by atoms with E-state index in [-0.39, 0.29) is 11.4 Å². The van der Waals surface area contributed by atoms with E-state index in [4.69, 9.17) is 14.0 Å². The second kappa shape index (κ2) is 7.68. The van der Waals surface area contributed by atoms with Gasteiger partial charge in [-0.15, -0.1) is 11.3 Å². The molecular weight excluding hydrogens is 408 g/mol. The van der Waals surface area contributed by atoms with Crippen LogP contribution in [0.4, 0.5) is 5.82 Å². The molecule has 0 aliphatic carbocycles. The molecule has 1 amide bonds. The van der Waals surface area contributed by atoms with Gasteiger partial charge >= 0.3 is 0 Å². The van der Waals surface area contributed by atoms with E-state index in [1.54, 1.807) is 48.7 Å². The van der Waals surface area contributed by atoms with Crippen LogP contribution in [0.15, 0.2) is 57.6 Å². The summed E-state index contributed by atoms with van der Waals surface area (Å²) in [4.78, 5) is 28.0. The SMILES string of the molecule is COc1cccc(C2C(C(=O)c3cccs3)=C(O)C(=O)N2c2cc(C)on2)c1OC. The summed E-state index contributed by atoms with van der Waals surface area (Å²) in [7, 11) is 2.96. The van der Waals surface area contributed by atoms with Crippen molar-refractivity contribution in [1.29, 1.82) is 0 Å². The fourth-order valence-corrected chi connectivity index (χ4v) is 4.18. The summed E-state index contributed by atoms with van der Waals surface area (Å²) in [5, 5.41) is 16.4. The third kappa shape index (κ3) is 3.03. The maximum absolute atomic E-state index is 13.3. The molecule has 0 fully saturated rings. The lowest BCUT2D eigenvalue weighted by atomic mass is 9.94. The number of aliphatic hydroxyl groups excluding tert-OH is 1. The lowest BCUT2D eigenvalue weighted by molar-refractivity contribution is -0.117. The summed E-state index contributed by atoms with van der Waals surface area (Å²) in [5.41, 5.74) is 0.407. The van der Waals surface area contributed by atoms with Crippen LogP contribution in [0.25, 0.3) is 0 Å². The maximum atomic E-state index is 13.3. The van der Waals surface area contributed by atoms with Gasteiger partial charge in [0.25, 0.3) is 5.91 Å². The zero-order valence-corrected chi connectivity index (χ0v) is 17.2. The van der Waals surface area contributed by atoms with Gasteiger partial charge in [0.15, 0.2) is 23.1 Å². The smallest absolute Gasteiger partial charge is 0.295 e. The highest BCUT2D eigenvalue weighted by Crippen LogP contribution is 2.47. The van der Waals surface area contributed by atoms with Crippen LogP contribution in [0, 0.1) is 6.92 Å². The molecule has 1 N–H and O–H groups in total. The van der Waals surface area contributed by atoms with Gasteiger partial charge in [-0.1, -0.05) is 23.4 Å². The van der Waals surface area contributed by atoms with E-state index in [1.807, 2.05) is 0 Å². The number of carbonyl (C=O) groups is 2. The molecule has 30 heavy (non-hydrogen) atoms. The van der Waals surface area contributed by atoms with Crippen molar-refractivity contribution < 1.29 is 28.7 Å². The number of amides is 1. The fraction of sp³-hybridized carbons (Fsp3) is 0.190. The molecule has 4 rings (SSSR count). The molecule has 9 heteroatoms. The van der Waals surface area contributed by atoms with Crippen LogP contribution in [-0.4, -0.2) is 36.2 Å². The molecular formula is C21H18N2O6S. The Kier molecular flexibility index (Phi) is 5.04. The summed E-state index contributed by atoms with van der Waals surface area (Å²) < 4.78 is 16.0. The van der Waals surface area contributed by atoms with Crippen LogP contribution >= 0.6 is 11.3 Å². The molecule has 0 radical (unpaired) electrons. The molecule has 0 spiro atoms. The molecule has 154 valence electrons. The molecule has 0 bridgehead atoms. The maximum Gasteiger partial charge on any atom is 0.295 e. The number of para-hydroxylation sites is 1. The number of ketones is 1. The highest BCUT2D eigenvalue weighted by molar-refractivity contribution is 7.12. The normalized spacial score (nSPS) is 16.3. The van der Waals surface area contributed by atoms with Crippen molar-refractivity contribution in [3.05, 3.63) is 69.3 Å². The summed E-state index contributed by atoms with van der Waals surface area (Å²) in [6.07, 6.45) is 0. The number of ether oxygens (including phenoxy) is 2. The number of anilines is 1. The van der Waals surface area contributed by atoms with Crippen molar-refractivity contribution in [2.24, 2.45) is 0 Å². The Balaban J connectivity index is 1.95. The standard InChI is InChI=1S/C21H18N2O6S/c1-11-10-15(22-29-11)23-17(12-6-4-7-13(27-2)20(12)28-3)16(19(25)21(23)26)18(24)14-8-5-9-30-14/h4-10,17,25H,1-3H3. The Morgan fingerprint density at radius 1 is 1.23 bits per heavy atom. The number of carbonyl (C=O) groups excluding carboxylic acids is 2. The van der Waals surface area contributed by atoms with Crippen molar-refractivity contribution in [2.75, 3.05) is 19.1 Å². The van der Waals surface area contributed by atoms with E-state index in [0.717, 1.165) is 0 Å². The first-order valence-electron chi connectivity index (χ1n) is 8.97. The van der Waals surface area contributed by atoms with E-state index >= 15 is 0 Å². The molecule has 1 atom stereocenters. The molecule has 0 saturated carbocycles. The van der Waals surface area contributed by atoms with Crippen molar-refractivity contribution in [1.82, 2.24) is 5.16 Å². The zero-order valence-electron chi connectivity index (χ0n) is 16.4. The minimum Gasteiger partial charge on any atom is -0.503 e. The van der Waals surface area contributed by atoms with E-state index in [1.165, 1.54) is 30.5 Å². The number of aliphatic hydroxyl groups is 1. The van der Waals surface area contributed by atoms with Gasteiger partial charge in [0.05, 0.1) is 24.7 Å². The number of aromatic nitrogens is 1. The average molecular weight is 426 g/mol. The number of Topliss-reactive ketones (excluding diaryl/α,β-unsaturated/α-hetero) is 1. The molecule has 8 nitrogen and oxygen atoms in total. The van der Waals surface area contributed by atoms with Crippen molar-refractivity contribution >= 4 is 28.8 Å². The van der Waals surface area contributed by atoms with E-state index in [0.29, 0.717) is 27.7 Å². The predicted molar refractivity (Wildman–Crippen MR) is 109 cm³/mol. The van der Waals surface area contributed by atoms with Crippen molar-refractivity contribution in [3.8, 4) is 11.5 Å². The van der Waals surface area contributed by atoms with Gasteiger partial charge in [0.2, 0.25) is 5.78 Å². The summed E-state index contributed by atoms with van der Waals surface area (Å²) >= 11 is 1.22. The largest absolute Gasteiger partial charge is 0.503 e. The number of aryl methyl sites for hydroxylation is 1. The summed E-state index contributed by atoms with van der Waals surface area (Å²) in [6, 6.07) is 9.07. The molecule has 1 aliphatic heterocycles. The Labute approximate surface area is 175 Å². The first kappa shape index (κ1) is 19.7. The van der Waals surface area contributed by atoms with Crippen LogP contribution < -0.4 is 14.4 Å². The summed E-state index contributed by atoms with van der Waals surface area (Å²) in [6.45, 7) is 1.68. The van der Waals surface area contributed by atoms with Crippen LogP contribution in [0.2, 0.25) is 0 Å². The molecule has 3 heterocycles. The van der Waals surface area contributed by atoms with Gasteiger partial charge in [-0.3, -0.25) is 14.5 Å². The molecule has 1 aromatic carbocycles. The topological polar surface area (TPSA) is 102 Å². The predicted octanol–water partition coefficient (Wildman–Crippen LogP) is 3.84. The fourth-order valence-electron chi connectivity index (χ4n) is 3.50. The minimum absolute atomic E-state index is 0.0605. The zero-order chi connectivity index (χ0) is 21.4. The van der Waals surface area contributed by atoms with Gasteiger partial charge in [0.1, 0.15) is 11.8 Å². The second-order valence-corrected chi connectivity index (χ2v) is 7.47. The van der Waals surface area contributed by atoms with Crippen LogP contribution in [-0.2, 0) is 4.79 Å². The van der Waals surface area contributed by atoms with E-state index in [9.17, 15) is 14.7 Å². The van der Waals surface area contributed by atoms with Gasteiger partial charge < -0.3 is 19.1 Å². The minimum atomic E-state index is -0.985. The second-order valence-electron chi connectivity index (χ2n) is 6.52. The van der Waals surface area contributed by atoms with Gasteiger partial charge in [-0.2, -0.15) is 0 Å². The van der Waals surface area contributed by atoms with E-state index < -0.39 is 23.5 Å². The quantitative estimate of drug-likeness (QED) is 0.598. The number of methoxy groups -OCH3 is 2. The first-order valence-corrected chi connectivity index (χ1v) is 9.85. The highest BCUT2D eigenvalue weighted by atomic mass is 32.1. The lowest BCUT2D eigenvalue weighted by Crippen LogP contribution is -2.31. The number of hydrogen-bond acceptors (Lipinski definition) is 8. The van der Waals surface area contributed by atoms with Crippen molar-refractivity contribution in [3.63, 3.8) is 0 Å². The number of benzene rings is 1. The lowest BCUT2D eigenvalue weighted by Gasteiger charge is -2.26. The first-order chi connectivity index (χ1) is 14.5. The van der Waals surface area contributed by atoms with Crippen LogP contribution in [0.5, 0.6) is 11.5 Å². The number of thiophene rings is 1. The number of hydrogen-bond donors (Lipinski definition) is 1. The average Bonchev–Trinajstić information content (AvgIpc) is 3.48. The van der Waals surface area contributed by atoms with Crippen LogP contribution in [0.3, 0.4) is 0 Å². The summed E-state index contributed by atoms with van der Waals surface area (Å²) in [5.74, 6) is -0.419. The highest BCUT2D eigenvalue weighted by Gasteiger charge is 2.47.